The zero-order valence-electron chi connectivity index (χ0n) is 10.3. The number of rotatable bonds is 4. The van der Waals surface area contributed by atoms with Crippen molar-refractivity contribution >= 4 is 16.0 Å². The Bertz CT molecular complexity index is 563. The number of aromatic carboxylic acids is 1. The highest BCUT2D eigenvalue weighted by Crippen LogP contribution is 2.19. The van der Waals surface area contributed by atoms with E-state index < -0.39 is 21.8 Å². The van der Waals surface area contributed by atoms with Crippen molar-refractivity contribution in [1.82, 2.24) is 4.72 Å². The molecule has 1 aliphatic heterocycles. The summed E-state index contributed by atoms with van der Waals surface area (Å²) in [5, 5.41) is 8.32. The molecule has 2 heterocycles. The van der Waals surface area contributed by atoms with Crippen molar-refractivity contribution in [3.05, 3.63) is 17.9 Å². The van der Waals surface area contributed by atoms with E-state index in [-0.39, 0.29) is 17.1 Å². The molecule has 0 spiro atoms. The Balaban J connectivity index is 2.15. The van der Waals surface area contributed by atoms with Gasteiger partial charge in [0.1, 0.15) is 0 Å². The van der Waals surface area contributed by atoms with Crippen LogP contribution in [0.4, 0.5) is 0 Å². The van der Waals surface area contributed by atoms with E-state index in [4.69, 9.17) is 14.3 Å². The van der Waals surface area contributed by atoms with E-state index in [1.807, 2.05) is 6.92 Å². The molecule has 1 fully saturated rings. The van der Waals surface area contributed by atoms with E-state index >= 15 is 0 Å². The maximum Gasteiger partial charge on any atom is 0.371 e. The van der Waals surface area contributed by atoms with Crippen molar-refractivity contribution in [2.24, 2.45) is 5.92 Å². The maximum absolute atomic E-state index is 12.0. The molecule has 0 bridgehead atoms. The topological polar surface area (TPSA) is 106 Å². The molecule has 1 aromatic heterocycles. The Labute approximate surface area is 110 Å². The van der Waals surface area contributed by atoms with Gasteiger partial charge in [-0.1, -0.05) is 6.92 Å². The first-order valence-corrected chi connectivity index (χ1v) is 7.31. The van der Waals surface area contributed by atoms with Crippen molar-refractivity contribution in [3.8, 4) is 0 Å². The SMILES string of the molecule is CC1COCCC1NS(=O)(=O)c1ccc(C(=O)O)o1. The van der Waals surface area contributed by atoms with Gasteiger partial charge in [-0.2, -0.15) is 0 Å². The molecular formula is C11H15NO6S. The summed E-state index contributed by atoms with van der Waals surface area (Å²) >= 11 is 0. The summed E-state index contributed by atoms with van der Waals surface area (Å²) in [6.45, 7) is 2.87. The van der Waals surface area contributed by atoms with Crippen LogP contribution in [-0.4, -0.2) is 38.7 Å². The Morgan fingerprint density at radius 3 is 2.79 bits per heavy atom. The van der Waals surface area contributed by atoms with Crippen molar-refractivity contribution in [1.29, 1.82) is 0 Å². The summed E-state index contributed by atoms with van der Waals surface area (Å²) in [4.78, 5) is 10.7. The fraction of sp³-hybridized carbons (Fsp3) is 0.545. The quantitative estimate of drug-likeness (QED) is 0.844. The van der Waals surface area contributed by atoms with E-state index in [1.165, 1.54) is 0 Å². The molecule has 2 unspecified atom stereocenters. The van der Waals surface area contributed by atoms with Gasteiger partial charge in [0.05, 0.1) is 6.61 Å². The third kappa shape index (κ3) is 3.14. The minimum atomic E-state index is -3.84. The molecule has 106 valence electrons. The number of hydrogen-bond acceptors (Lipinski definition) is 5. The second-order valence-electron chi connectivity index (χ2n) is 4.49. The Hall–Kier alpha value is -1.38. The molecular weight excluding hydrogens is 274 g/mol. The molecule has 8 heteroatoms. The summed E-state index contributed by atoms with van der Waals surface area (Å²) in [5.41, 5.74) is 0. The van der Waals surface area contributed by atoms with E-state index in [1.54, 1.807) is 0 Å². The summed E-state index contributed by atoms with van der Waals surface area (Å²) < 4.78 is 36.6. The average molecular weight is 289 g/mol. The number of nitrogens with one attached hydrogen (secondary N) is 1. The van der Waals surface area contributed by atoms with Crippen LogP contribution in [-0.2, 0) is 14.8 Å². The van der Waals surface area contributed by atoms with Crippen LogP contribution in [0.5, 0.6) is 0 Å². The van der Waals surface area contributed by atoms with Crippen LogP contribution in [0.25, 0.3) is 0 Å². The van der Waals surface area contributed by atoms with Gasteiger partial charge in [-0.3, -0.25) is 0 Å². The number of carbonyl (C=O) groups is 1. The molecule has 0 aromatic carbocycles. The molecule has 2 rings (SSSR count). The van der Waals surface area contributed by atoms with Gasteiger partial charge >= 0.3 is 5.97 Å². The number of carboxylic acid groups (broad SMARTS) is 1. The highest BCUT2D eigenvalue weighted by molar-refractivity contribution is 7.89. The molecule has 1 saturated heterocycles. The maximum atomic E-state index is 12.0. The molecule has 0 saturated carbocycles. The normalized spacial score (nSPS) is 24.3. The molecule has 0 radical (unpaired) electrons. The van der Waals surface area contributed by atoms with Gasteiger partial charge in [0.2, 0.25) is 10.9 Å². The molecule has 7 nitrogen and oxygen atoms in total. The van der Waals surface area contributed by atoms with Crippen LogP contribution in [0.2, 0.25) is 0 Å². The fourth-order valence-electron chi connectivity index (χ4n) is 1.89. The smallest absolute Gasteiger partial charge is 0.371 e. The average Bonchev–Trinajstić information content (AvgIpc) is 2.82. The van der Waals surface area contributed by atoms with Gasteiger partial charge in [0.15, 0.2) is 0 Å². The van der Waals surface area contributed by atoms with E-state index in [9.17, 15) is 13.2 Å². The number of furan rings is 1. The Morgan fingerprint density at radius 2 is 2.21 bits per heavy atom. The van der Waals surface area contributed by atoms with E-state index in [0.717, 1.165) is 12.1 Å². The number of sulfonamides is 1. The van der Waals surface area contributed by atoms with Gasteiger partial charge in [-0.25, -0.2) is 17.9 Å². The van der Waals surface area contributed by atoms with Crippen LogP contribution < -0.4 is 4.72 Å². The van der Waals surface area contributed by atoms with Gasteiger partial charge < -0.3 is 14.3 Å². The summed E-state index contributed by atoms with van der Waals surface area (Å²) in [5.74, 6) is -1.65. The van der Waals surface area contributed by atoms with Crippen LogP contribution in [0.3, 0.4) is 0 Å². The first-order valence-electron chi connectivity index (χ1n) is 5.83. The van der Waals surface area contributed by atoms with Crippen LogP contribution in [0.1, 0.15) is 23.9 Å². The molecule has 1 aliphatic rings. The van der Waals surface area contributed by atoms with Crippen molar-refractivity contribution < 1.29 is 27.5 Å². The second kappa shape index (κ2) is 5.32. The zero-order chi connectivity index (χ0) is 14.0. The third-order valence-electron chi connectivity index (χ3n) is 3.00. The van der Waals surface area contributed by atoms with Crippen LogP contribution in [0.15, 0.2) is 21.6 Å². The lowest BCUT2D eigenvalue weighted by molar-refractivity contribution is 0.0449. The summed E-state index contributed by atoms with van der Waals surface area (Å²) in [6, 6.07) is 2.01. The third-order valence-corrected chi connectivity index (χ3v) is 4.37. The summed E-state index contributed by atoms with van der Waals surface area (Å²) in [6.07, 6.45) is 0.576. The predicted molar refractivity (Wildman–Crippen MR) is 64.4 cm³/mol. The number of hydrogen-bond donors (Lipinski definition) is 2. The largest absolute Gasteiger partial charge is 0.475 e. The molecule has 0 amide bonds. The molecule has 2 atom stereocenters. The standard InChI is InChI=1S/C11H15NO6S/c1-7-6-17-5-4-8(7)12-19(15,16)10-3-2-9(18-10)11(13)14/h2-3,7-8,12H,4-6H2,1H3,(H,13,14). The molecule has 0 aliphatic carbocycles. The van der Waals surface area contributed by atoms with E-state index in [0.29, 0.717) is 19.6 Å². The van der Waals surface area contributed by atoms with Gasteiger partial charge in [-0.15, -0.1) is 0 Å². The van der Waals surface area contributed by atoms with Crippen molar-refractivity contribution in [3.63, 3.8) is 0 Å². The highest BCUT2D eigenvalue weighted by atomic mass is 32.2. The molecule has 19 heavy (non-hydrogen) atoms. The minimum absolute atomic E-state index is 0.0532. The summed E-state index contributed by atoms with van der Waals surface area (Å²) in [7, 11) is -3.84. The first kappa shape index (κ1) is 14.0. The van der Waals surface area contributed by atoms with Gasteiger partial charge in [0.25, 0.3) is 10.0 Å². The van der Waals surface area contributed by atoms with Gasteiger partial charge in [-0.05, 0) is 24.5 Å². The van der Waals surface area contributed by atoms with Crippen molar-refractivity contribution in [2.45, 2.75) is 24.5 Å². The Kier molecular flexibility index (Phi) is 3.93. The molecule has 2 N–H and O–H groups in total. The monoisotopic (exact) mass is 289 g/mol. The van der Waals surface area contributed by atoms with Crippen LogP contribution in [0, 0.1) is 5.92 Å². The van der Waals surface area contributed by atoms with Gasteiger partial charge in [0, 0.05) is 12.6 Å². The van der Waals surface area contributed by atoms with E-state index in [2.05, 4.69) is 4.72 Å². The second-order valence-corrected chi connectivity index (χ2v) is 6.14. The zero-order valence-corrected chi connectivity index (χ0v) is 11.1. The predicted octanol–water partition coefficient (Wildman–Crippen LogP) is 0.681. The number of ether oxygens (including phenoxy) is 1. The number of carboxylic acids is 1. The van der Waals surface area contributed by atoms with Crippen molar-refractivity contribution in [2.75, 3.05) is 13.2 Å². The van der Waals surface area contributed by atoms with Crippen LogP contribution >= 0.6 is 0 Å². The minimum Gasteiger partial charge on any atom is -0.475 e. The lowest BCUT2D eigenvalue weighted by Crippen LogP contribution is -2.44. The fourth-order valence-corrected chi connectivity index (χ4v) is 3.20. The highest BCUT2D eigenvalue weighted by Gasteiger charge is 2.29. The first-order chi connectivity index (χ1) is 8.90. The lowest BCUT2D eigenvalue weighted by atomic mass is 9.99. The Morgan fingerprint density at radius 1 is 1.47 bits per heavy atom. The lowest BCUT2D eigenvalue weighted by Gasteiger charge is -2.28. The molecule has 1 aromatic rings.